The van der Waals surface area contributed by atoms with Crippen LogP contribution < -0.4 is 9.64 Å². The monoisotopic (exact) mass is 441 g/mol. The first-order valence-electron chi connectivity index (χ1n) is 9.09. The summed E-state index contributed by atoms with van der Waals surface area (Å²) < 4.78 is 19.9. The van der Waals surface area contributed by atoms with E-state index in [1.165, 1.54) is 28.4 Å². The van der Waals surface area contributed by atoms with Crippen molar-refractivity contribution in [3.05, 3.63) is 82.4 Å². The van der Waals surface area contributed by atoms with Crippen molar-refractivity contribution in [3.63, 3.8) is 0 Å². The Kier molecular flexibility index (Phi) is 5.65. The molecule has 0 N–H and O–H groups in total. The van der Waals surface area contributed by atoms with Crippen molar-refractivity contribution in [3.8, 4) is 5.75 Å². The van der Waals surface area contributed by atoms with E-state index in [0.717, 1.165) is 16.3 Å². The number of aromatic nitrogens is 2. The third-order valence-electron chi connectivity index (χ3n) is 4.60. The van der Waals surface area contributed by atoms with E-state index in [1.54, 1.807) is 19.4 Å². The number of pyridine rings is 1. The second kappa shape index (κ2) is 8.38. The molecule has 4 rings (SSSR count). The van der Waals surface area contributed by atoms with Crippen LogP contribution in [0.4, 0.5) is 9.52 Å². The van der Waals surface area contributed by atoms with Crippen LogP contribution in [-0.2, 0) is 6.54 Å². The van der Waals surface area contributed by atoms with Crippen LogP contribution in [0.1, 0.15) is 21.6 Å². The van der Waals surface area contributed by atoms with E-state index in [4.69, 9.17) is 16.3 Å². The number of hydrogen-bond donors (Lipinski definition) is 0. The molecule has 2 aromatic heterocycles. The normalized spacial score (nSPS) is 10.9. The molecule has 0 bridgehead atoms. The minimum atomic E-state index is -0.506. The van der Waals surface area contributed by atoms with Crippen LogP contribution in [-0.4, -0.2) is 23.0 Å². The zero-order valence-electron chi connectivity index (χ0n) is 16.2. The third-order valence-corrected chi connectivity index (χ3v) is 6.12. The van der Waals surface area contributed by atoms with Gasteiger partial charge in [0.2, 0.25) is 0 Å². The van der Waals surface area contributed by atoms with Gasteiger partial charge >= 0.3 is 0 Å². The summed E-state index contributed by atoms with van der Waals surface area (Å²) in [6.07, 6.45) is 1.66. The first-order valence-corrected chi connectivity index (χ1v) is 10.3. The lowest BCUT2D eigenvalue weighted by Gasteiger charge is -2.20. The molecular formula is C22H17ClFN3O2S. The third kappa shape index (κ3) is 3.86. The molecule has 2 heterocycles. The lowest BCUT2D eigenvalue weighted by atomic mass is 10.2. The first-order chi connectivity index (χ1) is 14.5. The predicted molar refractivity (Wildman–Crippen MR) is 117 cm³/mol. The molecule has 0 saturated heterocycles. The van der Waals surface area contributed by atoms with Gasteiger partial charge < -0.3 is 4.74 Å². The zero-order chi connectivity index (χ0) is 21.3. The van der Waals surface area contributed by atoms with Crippen LogP contribution in [0.2, 0.25) is 5.02 Å². The molecule has 0 unspecified atom stereocenters. The number of carbonyl (C=O) groups excluding carboxylic acids is 1. The highest BCUT2D eigenvalue weighted by Gasteiger charge is 2.25. The van der Waals surface area contributed by atoms with Crippen molar-refractivity contribution in [1.29, 1.82) is 0 Å². The average molecular weight is 442 g/mol. The second-order valence-electron chi connectivity index (χ2n) is 6.60. The highest BCUT2D eigenvalue weighted by Crippen LogP contribution is 2.37. The number of rotatable bonds is 5. The fourth-order valence-corrected chi connectivity index (χ4v) is 4.36. The van der Waals surface area contributed by atoms with E-state index >= 15 is 0 Å². The molecule has 0 aliphatic heterocycles. The highest BCUT2D eigenvalue weighted by molar-refractivity contribution is 7.22. The minimum Gasteiger partial charge on any atom is -0.494 e. The molecule has 0 aliphatic rings. The van der Waals surface area contributed by atoms with E-state index in [-0.39, 0.29) is 23.0 Å². The Balaban J connectivity index is 1.84. The molecule has 4 aromatic rings. The number of methoxy groups -OCH3 is 1. The van der Waals surface area contributed by atoms with Crippen LogP contribution >= 0.6 is 22.9 Å². The molecule has 5 nitrogen and oxygen atoms in total. The molecule has 30 heavy (non-hydrogen) atoms. The molecule has 0 aliphatic carbocycles. The summed E-state index contributed by atoms with van der Waals surface area (Å²) >= 11 is 7.55. The SMILES string of the molecule is COc1ccc(C)c2sc(N(Cc3ccccn3)C(=O)c3ccc(F)cc3Cl)nc12. The molecular weight excluding hydrogens is 425 g/mol. The van der Waals surface area contributed by atoms with Crippen molar-refractivity contribution in [2.45, 2.75) is 13.5 Å². The van der Waals surface area contributed by atoms with Gasteiger partial charge in [-0.2, -0.15) is 0 Å². The van der Waals surface area contributed by atoms with Gasteiger partial charge in [-0.25, -0.2) is 9.37 Å². The van der Waals surface area contributed by atoms with Crippen LogP contribution in [0.15, 0.2) is 54.7 Å². The smallest absolute Gasteiger partial charge is 0.261 e. The zero-order valence-corrected chi connectivity index (χ0v) is 17.8. The van der Waals surface area contributed by atoms with Crippen LogP contribution in [0.3, 0.4) is 0 Å². The number of ether oxygens (including phenoxy) is 1. The quantitative estimate of drug-likeness (QED) is 0.401. The van der Waals surface area contributed by atoms with Crippen LogP contribution in [0.5, 0.6) is 5.75 Å². The summed E-state index contributed by atoms with van der Waals surface area (Å²) in [6.45, 7) is 2.17. The van der Waals surface area contributed by atoms with Gasteiger partial charge in [-0.05, 0) is 48.9 Å². The Bertz CT molecular complexity index is 1230. The summed E-state index contributed by atoms with van der Waals surface area (Å²) in [6, 6.07) is 13.0. The molecule has 8 heteroatoms. The lowest BCUT2D eigenvalue weighted by molar-refractivity contribution is 0.0985. The Labute approximate surface area is 181 Å². The number of anilines is 1. The van der Waals surface area contributed by atoms with Gasteiger partial charge in [0.1, 0.15) is 17.1 Å². The Hall–Kier alpha value is -3.03. The molecule has 0 atom stereocenters. The van der Waals surface area contributed by atoms with Crippen LogP contribution in [0, 0.1) is 12.7 Å². The first kappa shape index (κ1) is 20.3. The number of halogens is 2. The van der Waals surface area contributed by atoms with Gasteiger partial charge in [0.05, 0.1) is 34.6 Å². The van der Waals surface area contributed by atoms with E-state index in [2.05, 4.69) is 9.97 Å². The number of amides is 1. The maximum absolute atomic E-state index is 13.5. The van der Waals surface area contributed by atoms with Crippen molar-refractivity contribution in [2.24, 2.45) is 0 Å². The largest absolute Gasteiger partial charge is 0.494 e. The summed E-state index contributed by atoms with van der Waals surface area (Å²) in [7, 11) is 1.58. The van der Waals surface area contributed by atoms with Gasteiger partial charge in [0.15, 0.2) is 5.13 Å². The Morgan fingerprint density at radius 1 is 1.23 bits per heavy atom. The second-order valence-corrected chi connectivity index (χ2v) is 7.98. The molecule has 0 saturated carbocycles. The highest BCUT2D eigenvalue weighted by atomic mass is 35.5. The topological polar surface area (TPSA) is 55.3 Å². The summed E-state index contributed by atoms with van der Waals surface area (Å²) in [5.41, 5.74) is 2.59. The number of nitrogens with zero attached hydrogens (tertiary/aromatic N) is 3. The number of aryl methyl sites for hydroxylation is 1. The van der Waals surface area contributed by atoms with Crippen LogP contribution in [0.25, 0.3) is 10.2 Å². The fourth-order valence-electron chi connectivity index (χ4n) is 3.07. The van der Waals surface area contributed by atoms with Gasteiger partial charge in [0, 0.05) is 6.20 Å². The van der Waals surface area contributed by atoms with Gasteiger partial charge in [-0.15, -0.1) is 0 Å². The van der Waals surface area contributed by atoms with Gasteiger partial charge in [0.25, 0.3) is 5.91 Å². The Morgan fingerprint density at radius 3 is 2.77 bits per heavy atom. The van der Waals surface area contributed by atoms with Gasteiger partial charge in [-0.3, -0.25) is 14.7 Å². The Morgan fingerprint density at radius 2 is 2.07 bits per heavy atom. The van der Waals surface area contributed by atoms with E-state index < -0.39 is 5.82 Å². The standard InChI is InChI=1S/C22H17ClFN3O2S/c1-13-6-9-18(29-2)19-20(13)30-22(26-19)27(12-15-5-3-4-10-25-15)21(28)16-8-7-14(24)11-17(16)23/h3-11H,12H2,1-2H3. The maximum Gasteiger partial charge on any atom is 0.261 e. The van der Waals surface area contributed by atoms with Crippen molar-refractivity contribution >= 4 is 44.2 Å². The summed E-state index contributed by atoms with van der Waals surface area (Å²) in [4.78, 5) is 23.9. The number of thiazole rings is 1. The molecule has 0 radical (unpaired) electrons. The van der Waals surface area contributed by atoms with Crippen molar-refractivity contribution in [1.82, 2.24) is 9.97 Å². The van der Waals surface area contributed by atoms with Crippen molar-refractivity contribution in [2.75, 3.05) is 12.0 Å². The summed E-state index contributed by atoms with van der Waals surface area (Å²) in [5.74, 6) is -0.266. The minimum absolute atomic E-state index is 0.0425. The number of benzene rings is 2. The van der Waals surface area contributed by atoms with E-state index in [1.807, 2.05) is 31.2 Å². The van der Waals surface area contributed by atoms with Crippen molar-refractivity contribution < 1.29 is 13.9 Å². The number of hydrogen-bond acceptors (Lipinski definition) is 5. The maximum atomic E-state index is 13.5. The molecule has 0 fully saturated rings. The number of carbonyl (C=O) groups is 1. The molecule has 152 valence electrons. The lowest BCUT2D eigenvalue weighted by Crippen LogP contribution is -2.31. The molecule has 0 spiro atoms. The molecule has 1 amide bonds. The fraction of sp³-hybridized carbons (Fsp3) is 0.136. The predicted octanol–water partition coefficient (Wildman–Crippen LogP) is 5.65. The molecule has 2 aromatic carbocycles. The average Bonchev–Trinajstić information content (AvgIpc) is 3.19. The number of fused-ring (bicyclic) bond motifs is 1. The summed E-state index contributed by atoms with van der Waals surface area (Å²) in [5, 5.41) is 0.523. The van der Waals surface area contributed by atoms with Gasteiger partial charge in [-0.1, -0.05) is 35.1 Å². The van der Waals surface area contributed by atoms with E-state index in [9.17, 15) is 9.18 Å². The van der Waals surface area contributed by atoms with E-state index in [0.29, 0.717) is 22.1 Å².